The van der Waals surface area contributed by atoms with E-state index >= 15 is 0 Å². The Morgan fingerprint density at radius 2 is 0.900 bits per heavy atom. The number of benzene rings is 6. The number of hydrogen-bond donors (Lipinski definition) is 0. The SMILES string of the molecule is c1ccc(COC[C@H]2OC(Sc3ccc4ccccc4c3)[C@@H](OCc3ccccc3)[C@@H](OCc3ccccc3)[C@@H]2OCc2ccccc2)cc1. The van der Waals surface area contributed by atoms with Crippen molar-refractivity contribution in [1.82, 2.24) is 0 Å². The fourth-order valence-electron chi connectivity index (χ4n) is 6.22. The van der Waals surface area contributed by atoms with Gasteiger partial charge in [-0.3, -0.25) is 0 Å². The molecule has 0 N–H and O–H groups in total. The molecular formula is C44H42O5S. The topological polar surface area (TPSA) is 46.2 Å². The average Bonchev–Trinajstić information content (AvgIpc) is 3.18. The third-order valence-corrected chi connectivity index (χ3v) is 9.95. The van der Waals surface area contributed by atoms with Gasteiger partial charge in [0.05, 0.1) is 33.0 Å². The summed E-state index contributed by atoms with van der Waals surface area (Å²) in [6.45, 7) is 2.03. The number of thioether (sulfide) groups is 1. The molecule has 0 spiro atoms. The molecule has 1 aliphatic heterocycles. The smallest absolute Gasteiger partial charge is 0.137 e. The summed E-state index contributed by atoms with van der Waals surface area (Å²) in [6.07, 6.45) is -1.80. The van der Waals surface area contributed by atoms with Crippen molar-refractivity contribution in [2.75, 3.05) is 6.61 Å². The maximum atomic E-state index is 7.03. The quantitative estimate of drug-likeness (QED) is 0.108. The average molecular weight is 683 g/mol. The summed E-state index contributed by atoms with van der Waals surface area (Å²) in [7, 11) is 0. The number of hydrogen-bond acceptors (Lipinski definition) is 6. The van der Waals surface area contributed by atoms with Gasteiger partial charge in [0.2, 0.25) is 0 Å². The lowest BCUT2D eigenvalue weighted by Gasteiger charge is -2.46. The summed E-state index contributed by atoms with van der Waals surface area (Å²) in [4.78, 5) is 1.09. The van der Waals surface area contributed by atoms with Crippen LogP contribution >= 0.6 is 11.8 Å². The molecule has 7 rings (SSSR count). The highest BCUT2D eigenvalue weighted by atomic mass is 32.2. The van der Waals surface area contributed by atoms with E-state index in [1.807, 2.05) is 72.8 Å². The van der Waals surface area contributed by atoms with E-state index in [0.29, 0.717) is 33.0 Å². The van der Waals surface area contributed by atoms with Crippen molar-refractivity contribution in [2.24, 2.45) is 0 Å². The summed E-state index contributed by atoms with van der Waals surface area (Å²) >= 11 is 1.66. The molecule has 0 bridgehead atoms. The fraction of sp³-hybridized carbons (Fsp3) is 0.227. The number of ether oxygens (including phenoxy) is 5. The fourth-order valence-corrected chi connectivity index (χ4v) is 7.39. The first-order chi connectivity index (χ1) is 24.8. The molecular weight excluding hydrogens is 641 g/mol. The van der Waals surface area contributed by atoms with Gasteiger partial charge in [0.1, 0.15) is 29.9 Å². The van der Waals surface area contributed by atoms with Crippen molar-refractivity contribution in [2.45, 2.75) is 61.2 Å². The van der Waals surface area contributed by atoms with Gasteiger partial charge < -0.3 is 23.7 Å². The van der Waals surface area contributed by atoms with E-state index in [1.54, 1.807) is 11.8 Å². The molecule has 0 radical (unpaired) electrons. The standard InChI is InChI=1S/C44H42O5S/c1-5-15-33(16-6-1)28-45-32-40-41(46-29-34-17-7-2-8-18-34)42(47-30-35-19-9-3-10-20-35)43(48-31-36-21-11-4-12-22-36)44(49-40)50-39-26-25-37-23-13-14-24-38(37)27-39/h1-27,40-44H,28-32H2/t40-,41-,42+,43+,44?/m1/s1. The Bertz CT molecular complexity index is 1870. The largest absolute Gasteiger partial charge is 0.374 e. The third-order valence-electron chi connectivity index (χ3n) is 8.81. The molecule has 6 aromatic rings. The van der Waals surface area contributed by atoms with Crippen LogP contribution in [0, 0.1) is 0 Å². The maximum Gasteiger partial charge on any atom is 0.137 e. The molecule has 6 heteroatoms. The maximum absolute atomic E-state index is 7.03. The van der Waals surface area contributed by atoms with Gasteiger partial charge in [-0.2, -0.15) is 0 Å². The molecule has 0 amide bonds. The van der Waals surface area contributed by atoms with E-state index in [4.69, 9.17) is 23.7 Å². The van der Waals surface area contributed by atoms with Crippen LogP contribution in [0.4, 0.5) is 0 Å². The van der Waals surface area contributed by atoms with Crippen LogP contribution in [0.5, 0.6) is 0 Å². The van der Waals surface area contributed by atoms with Crippen LogP contribution in [0.3, 0.4) is 0 Å². The second kappa shape index (κ2) is 17.6. The molecule has 50 heavy (non-hydrogen) atoms. The van der Waals surface area contributed by atoms with E-state index in [0.717, 1.165) is 27.1 Å². The Labute approximate surface area is 299 Å². The Kier molecular flexibility index (Phi) is 12.0. The van der Waals surface area contributed by atoms with Crippen molar-refractivity contribution in [3.63, 3.8) is 0 Å². The lowest BCUT2D eigenvalue weighted by Crippen LogP contribution is -2.60. The summed E-state index contributed by atoms with van der Waals surface area (Å²) in [5.41, 5.74) is 3.94. The first-order valence-corrected chi connectivity index (χ1v) is 18.1. The molecule has 1 aliphatic rings. The van der Waals surface area contributed by atoms with Crippen molar-refractivity contribution >= 4 is 22.5 Å². The Morgan fingerprint density at radius 3 is 1.46 bits per heavy atom. The summed E-state index contributed by atoms with van der Waals surface area (Å²) < 4.78 is 34.0. The first kappa shape index (κ1) is 34.2. The second-order valence-corrected chi connectivity index (χ2v) is 13.6. The minimum absolute atomic E-state index is 0.333. The second-order valence-electron chi connectivity index (χ2n) is 12.5. The molecule has 0 aliphatic carbocycles. The van der Waals surface area contributed by atoms with Gasteiger partial charge in [-0.05, 0) is 45.2 Å². The molecule has 5 atom stereocenters. The van der Waals surface area contributed by atoms with Gasteiger partial charge in [0.25, 0.3) is 0 Å². The zero-order valence-corrected chi connectivity index (χ0v) is 28.8. The van der Waals surface area contributed by atoms with Gasteiger partial charge >= 0.3 is 0 Å². The van der Waals surface area contributed by atoms with E-state index < -0.39 is 29.9 Å². The van der Waals surface area contributed by atoms with E-state index in [9.17, 15) is 0 Å². The Hall–Kier alpha value is -4.27. The zero-order valence-electron chi connectivity index (χ0n) is 28.0. The number of fused-ring (bicyclic) bond motifs is 1. The zero-order chi connectivity index (χ0) is 33.8. The number of rotatable bonds is 15. The molecule has 0 aromatic heterocycles. The van der Waals surface area contributed by atoms with Crippen molar-refractivity contribution < 1.29 is 23.7 Å². The lowest BCUT2D eigenvalue weighted by molar-refractivity contribution is -0.254. The van der Waals surface area contributed by atoms with Gasteiger partial charge in [0.15, 0.2) is 0 Å². The van der Waals surface area contributed by atoms with Gasteiger partial charge in [-0.1, -0.05) is 163 Å². The summed E-state index contributed by atoms with van der Waals surface area (Å²) in [5.74, 6) is 0. The molecule has 1 unspecified atom stereocenters. The van der Waals surface area contributed by atoms with Crippen LogP contribution in [0.1, 0.15) is 22.3 Å². The minimum atomic E-state index is -0.469. The molecule has 1 saturated heterocycles. The molecule has 1 heterocycles. The van der Waals surface area contributed by atoms with Crippen LogP contribution in [-0.2, 0) is 50.1 Å². The van der Waals surface area contributed by atoms with E-state index in [1.165, 1.54) is 10.8 Å². The van der Waals surface area contributed by atoms with Crippen molar-refractivity contribution in [3.05, 3.63) is 186 Å². The van der Waals surface area contributed by atoms with Crippen LogP contribution in [-0.4, -0.2) is 36.5 Å². The van der Waals surface area contributed by atoms with Crippen LogP contribution in [0.25, 0.3) is 10.8 Å². The van der Waals surface area contributed by atoms with Crippen LogP contribution < -0.4 is 0 Å². The highest BCUT2D eigenvalue weighted by Crippen LogP contribution is 2.39. The monoisotopic (exact) mass is 682 g/mol. The molecule has 1 fully saturated rings. The first-order valence-electron chi connectivity index (χ1n) is 17.2. The predicted octanol–water partition coefficient (Wildman–Crippen LogP) is 9.63. The van der Waals surface area contributed by atoms with Crippen LogP contribution in [0.15, 0.2) is 169 Å². The van der Waals surface area contributed by atoms with E-state index in [2.05, 4.69) is 91.0 Å². The minimum Gasteiger partial charge on any atom is -0.374 e. The van der Waals surface area contributed by atoms with Crippen LogP contribution in [0.2, 0.25) is 0 Å². The molecule has 6 aromatic carbocycles. The normalized spacial score (nSPS) is 20.5. The van der Waals surface area contributed by atoms with E-state index in [-0.39, 0.29) is 0 Å². The third kappa shape index (κ3) is 9.29. The summed E-state index contributed by atoms with van der Waals surface area (Å²) in [6, 6.07) is 55.9. The van der Waals surface area contributed by atoms with Gasteiger partial charge in [-0.15, -0.1) is 0 Å². The predicted molar refractivity (Wildman–Crippen MR) is 200 cm³/mol. The molecule has 0 saturated carbocycles. The Balaban J connectivity index is 1.22. The van der Waals surface area contributed by atoms with Gasteiger partial charge in [0, 0.05) is 4.90 Å². The molecule has 5 nitrogen and oxygen atoms in total. The van der Waals surface area contributed by atoms with Crippen molar-refractivity contribution in [1.29, 1.82) is 0 Å². The summed E-state index contributed by atoms with van der Waals surface area (Å²) in [5, 5.41) is 2.38. The van der Waals surface area contributed by atoms with Gasteiger partial charge in [-0.25, -0.2) is 0 Å². The van der Waals surface area contributed by atoms with Crippen molar-refractivity contribution in [3.8, 4) is 0 Å². The lowest BCUT2D eigenvalue weighted by atomic mass is 9.98. The Morgan fingerprint density at radius 1 is 0.440 bits per heavy atom. The molecule has 254 valence electrons. The highest BCUT2D eigenvalue weighted by molar-refractivity contribution is 7.99. The highest BCUT2D eigenvalue weighted by Gasteiger charge is 2.49.